The molecule has 3 N–H and O–H groups in total. The zero-order valence-corrected chi connectivity index (χ0v) is 17.1. The van der Waals surface area contributed by atoms with Crippen molar-refractivity contribution in [3.63, 3.8) is 0 Å². The molecule has 3 amide bonds. The number of benzene rings is 2. The summed E-state index contributed by atoms with van der Waals surface area (Å²) in [6.07, 6.45) is 0. The highest BCUT2D eigenvalue weighted by Gasteiger charge is 2.21. The molecule has 3 aromatic rings. The summed E-state index contributed by atoms with van der Waals surface area (Å²) in [6.45, 7) is 3.47. The summed E-state index contributed by atoms with van der Waals surface area (Å²) in [5.41, 5.74) is 3.49. The molecule has 7 nitrogen and oxygen atoms in total. The van der Waals surface area contributed by atoms with Crippen LogP contribution < -0.4 is 16.1 Å². The van der Waals surface area contributed by atoms with Crippen molar-refractivity contribution < 1.29 is 14.4 Å². The maximum Gasteiger partial charge on any atom is 0.328 e. The standard InChI is InChI=1S/C20H18Cl2N4O3/c1-11(2)23-19(28)20(29)25-26-16-8-7-13(21)9-12(16)10-17(26)18(27)24-15-6-4-3-5-14(15)22/h3-11H,1-2H3,(H,23,28)(H,24,27)(H,25,29). The second-order valence-electron chi connectivity index (χ2n) is 6.57. The number of carbonyl (C=O) groups is 3. The normalized spacial score (nSPS) is 10.8. The predicted molar refractivity (Wildman–Crippen MR) is 114 cm³/mol. The Morgan fingerprint density at radius 2 is 1.69 bits per heavy atom. The number of hydrogen-bond donors (Lipinski definition) is 3. The van der Waals surface area contributed by atoms with E-state index in [4.69, 9.17) is 23.2 Å². The van der Waals surface area contributed by atoms with Crippen molar-refractivity contribution in [2.45, 2.75) is 19.9 Å². The second kappa shape index (κ2) is 8.55. The van der Waals surface area contributed by atoms with Crippen LogP contribution in [-0.2, 0) is 9.59 Å². The smallest absolute Gasteiger partial charge is 0.328 e. The van der Waals surface area contributed by atoms with Crippen LogP contribution in [-0.4, -0.2) is 28.4 Å². The summed E-state index contributed by atoms with van der Waals surface area (Å²) < 4.78 is 1.25. The minimum absolute atomic E-state index is 0.105. The zero-order chi connectivity index (χ0) is 21.1. The van der Waals surface area contributed by atoms with Gasteiger partial charge in [-0.2, -0.15) is 0 Å². The lowest BCUT2D eigenvalue weighted by molar-refractivity contribution is -0.137. The molecule has 0 unspecified atom stereocenters. The van der Waals surface area contributed by atoms with Crippen molar-refractivity contribution in [2.24, 2.45) is 0 Å². The number of rotatable bonds is 4. The third kappa shape index (κ3) is 4.70. The maximum absolute atomic E-state index is 12.9. The van der Waals surface area contributed by atoms with Crippen LogP contribution in [0.4, 0.5) is 5.69 Å². The minimum Gasteiger partial charge on any atom is -0.346 e. The number of nitrogens with one attached hydrogen (secondary N) is 3. The Bertz CT molecular complexity index is 1110. The highest BCUT2D eigenvalue weighted by molar-refractivity contribution is 6.38. The molecule has 150 valence electrons. The molecule has 29 heavy (non-hydrogen) atoms. The average molecular weight is 433 g/mol. The molecule has 0 spiro atoms. The number of amides is 3. The van der Waals surface area contributed by atoms with Gasteiger partial charge in [-0.05, 0) is 50.2 Å². The van der Waals surface area contributed by atoms with Crippen LogP contribution in [0, 0.1) is 0 Å². The highest BCUT2D eigenvalue weighted by atomic mass is 35.5. The van der Waals surface area contributed by atoms with Crippen LogP contribution >= 0.6 is 23.2 Å². The molecular weight excluding hydrogens is 415 g/mol. The van der Waals surface area contributed by atoms with Gasteiger partial charge in [-0.1, -0.05) is 35.3 Å². The van der Waals surface area contributed by atoms with E-state index in [0.717, 1.165) is 0 Å². The lowest BCUT2D eigenvalue weighted by atomic mass is 10.2. The molecule has 0 bridgehead atoms. The van der Waals surface area contributed by atoms with Crippen LogP contribution in [0.1, 0.15) is 24.3 Å². The first-order valence-electron chi connectivity index (χ1n) is 8.75. The lowest BCUT2D eigenvalue weighted by Crippen LogP contribution is -2.42. The van der Waals surface area contributed by atoms with Gasteiger partial charge in [0.05, 0.1) is 16.2 Å². The molecule has 0 aliphatic heterocycles. The van der Waals surface area contributed by atoms with E-state index in [0.29, 0.717) is 26.6 Å². The van der Waals surface area contributed by atoms with Gasteiger partial charge in [0.1, 0.15) is 5.69 Å². The van der Waals surface area contributed by atoms with E-state index in [2.05, 4.69) is 16.1 Å². The number of halogens is 2. The fourth-order valence-electron chi connectivity index (χ4n) is 2.70. The number of aromatic nitrogens is 1. The number of para-hydroxylation sites is 1. The van der Waals surface area contributed by atoms with Gasteiger partial charge in [-0.25, -0.2) is 4.68 Å². The van der Waals surface area contributed by atoms with Gasteiger partial charge in [-0.15, -0.1) is 0 Å². The van der Waals surface area contributed by atoms with Gasteiger partial charge >= 0.3 is 11.8 Å². The summed E-state index contributed by atoms with van der Waals surface area (Å²) in [4.78, 5) is 37.2. The van der Waals surface area contributed by atoms with Crippen LogP contribution in [0.5, 0.6) is 0 Å². The van der Waals surface area contributed by atoms with Gasteiger partial charge in [0, 0.05) is 16.5 Å². The number of fused-ring (bicyclic) bond motifs is 1. The first-order valence-corrected chi connectivity index (χ1v) is 9.50. The molecule has 3 rings (SSSR count). The molecule has 9 heteroatoms. The van der Waals surface area contributed by atoms with E-state index in [9.17, 15) is 14.4 Å². The summed E-state index contributed by atoms with van der Waals surface area (Å²) in [5.74, 6) is -2.23. The fourth-order valence-corrected chi connectivity index (χ4v) is 3.07. The third-order valence-corrected chi connectivity index (χ3v) is 4.52. The molecule has 0 saturated carbocycles. The van der Waals surface area contributed by atoms with Crippen LogP contribution in [0.2, 0.25) is 10.0 Å². The van der Waals surface area contributed by atoms with Gasteiger partial charge in [0.25, 0.3) is 5.91 Å². The number of carbonyl (C=O) groups excluding carboxylic acids is 3. The van der Waals surface area contributed by atoms with E-state index < -0.39 is 17.7 Å². The third-order valence-electron chi connectivity index (χ3n) is 3.96. The Balaban J connectivity index is 1.98. The molecular formula is C20H18Cl2N4O3. The quantitative estimate of drug-likeness (QED) is 0.547. The van der Waals surface area contributed by atoms with Crippen molar-refractivity contribution >= 4 is 57.5 Å². The molecule has 0 radical (unpaired) electrons. The summed E-state index contributed by atoms with van der Waals surface area (Å²) in [7, 11) is 0. The number of anilines is 1. The van der Waals surface area contributed by atoms with Crippen molar-refractivity contribution in [3.05, 3.63) is 64.3 Å². The average Bonchev–Trinajstić information content (AvgIpc) is 3.00. The van der Waals surface area contributed by atoms with Crippen LogP contribution in [0.3, 0.4) is 0 Å². The minimum atomic E-state index is -0.905. The fraction of sp³-hybridized carbons (Fsp3) is 0.150. The lowest BCUT2D eigenvalue weighted by Gasteiger charge is -2.14. The predicted octanol–water partition coefficient (Wildman–Crippen LogP) is 3.80. The SMILES string of the molecule is CC(C)NC(=O)C(=O)Nn1c(C(=O)Nc2ccccc2Cl)cc2cc(Cl)ccc21. The Morgan fingerprint density at radius 3 is 2.38 bits per heavy atom. The Morgan fingerprint density at radius 1 is 0.966 bits per heavy atom. The molecule has 0 aliphatic carbocycles. The Kier molecular flexibility index (Phi) is 6.10. The number of nitrogens with zero attached hydrogens (tertiary/aromatic N) is 1. The second-order valence-corrected chi connectivity index (χ2v) is 7.41. The van der Waals surface area contributed by atoms with Gasteiger partial charge < -0.3 is 10.6 Å². The summed E-state index contributed by atoms with van der Waals surface area (Å²) >= 11 is 12.2. The van der Waals surface area contributed by atoms with E-state index in [1.165, 1.54) is 4.68 Å². The van der Waals surface area contributed by atoms with E-state index in [1.807, 2.05) is 0 Å². The first kappa shape index (κ1) is 20.7. The first-order chi connectivity index (χ1) is 13.8. The molecule has 1 heterocycles. The largest absolute Gasteiger partial charge is 0.346 e. The summed E-state index contributed by atoms with van der Waals surface area (Å²) in [6, 6.07) is 13.0. The Hall–Kier alpha value is -3.03. The van der Waals surface area contributed by atoms with Crippen LogP contribution in [0.25, 0.3) is 10.9 Å². The molecule has 0 fully saturated rings. The van der Waals surface area contributed by atoms with Crippen molar-refractivity contribution in [1.29, 1.82) is 0 Å². The number of hydrogen-bond acceptors (Lipinski definition) is 3. The monoisotopic (exact) mass is 432 g/mol. The Labute approximate surface area is 176 Å². The van der Waals surface area contributed by atoms with Gasteiger partial charge in [0.2, 0.25) is 0 Å². The summed E-state index contributed by atoms with van der Waals surface area (Å²) in [5, 5.41) is 6.66. The molecule has 1 aromatic heterocycles. The highest BCUT2D eigenvalue weighted by Crippen LogP contribution is 2.25. The molecule has 0 aliphatic rings. The topological polar surface area (TPSA) is 92.2 Å². The van der Waals surface area contributed by atoms with Crippen molar-refractivity contribution in [3.8, 4) is 0 Å². The molecule has 0 saturated heterocycles. The van der Waals surface area contributed by atoms with E-state index >= 15 is 0 Å². The van der Waals surface area contributed by atoms with E-state index in [-0.39, 0.29) is 11.7 Å². The molecule has 2 aromatic carbocycles. The van der Waals surface area contributed by atoms with E-state index in [1.54, 1.807) is 62.4 Å². The van der Waals surface area contributed by atoms with Gasteiger partial charge in [-0.3, -0.25) is 19.8 Å². The van der Waals surface area contributed by atoms with Crippen molar-refractivity contribution in [2.75, 3.05) is 10.7 Å². The van der Waals surface area contributed by atoms with Crippen molar-refractivity contribution in [1.82, 2.24) is 9.99 Å². The zero-order valence-electron chi connectivity index (χ0n) is 15.6. The molecule has 0 atom stereocenters. The van der Waals surface area contributed by atoms with Gasteiger partial charge in [0.15, 0.2) is 0 Å². The van der Waals surface area contributed by atoms with Crippen LogP contribution in [0.15, 0.2) is 48.5 Å². The maximum atomic E-state index is 12.9.